The van der Waals surface area contributed by atoms with Crippen LogP contribution in [-0.4, -0.2) is 19.6 Å². The van der Waals surface area contributed by atoms with Crippen LogP contribution < -0.4 is 5.32 Å². The van der Waals surface area contributed by atoms with Crippen molar-refractivity contribution in [3.63, 3.8) is 0 Å². The summed E-state index contributed by atoms with van der Waals surface area (Å²) in [4.78, 5) is 10.9. The molecule has 0 amide bonds. The Bertz CT molecular complexity index is 355. The van der Waals surface area contributed by atoms with Gasteiger partial charge in [0.1, 0.15) is 0 Å². The maximum atomic E-state index is 10.9. The van der Waals surface area contributed by atoms with Gasteiger partial charge in [-0.3, -0.25) is 4.79 Å². The Balaban J connectivity index is 2.50. The van der Waals surface area contributed by atoms with Crippen molar-refractivity contribution in [3.8, 4) is 0 Å². The molecule has 82 valence electrons. The summed E-state index contributed by atoms with van der Waals surface area (Å²) >= 11 is 6.79. The van der Waals surface area contributed by atoms with Gasteiger partial charge in [-0.15, -0.1) is 0 Å². The van der Waals surface area contributed by atoms with E-state index >= 15 is 0 Å². The molecule has 0 spiro atoms. The van der Waals surface area contributed by atoms with Crippen molar-refractivity contribution in [3.05, 3.63) is 27.1 Å². The highest BCUT2D eigenvalue weighted by atomic mass is 79.9. The molecule has 0 aliphatic rings. The van der Waals surface area contributed by atoms with Gasteiger partial charge < -0.3 is 10.1 Å². The first-order valence-corrected chi connectivity index (χ1v) is 5.98. The third-order valence-electron chi connectivity index (χ3n) is 1.80. The topological polar surface area (TPSA) is 38.3 Å². The van der Waals surface area contributed by atoms with E-state index in [0.29, 0.717) is 13.0 Å². The first-order valence-electron chi connectivity index (χ1n) is 4.39. The molecule has 1 aromatic carbocycles. The lowest BCUT2D eigenvalue weighted by Gasteiger charge is -2.08. The second kappa shape index (κ2) is 6.12. The predicted molar refractivity (Wildman–Crippen MR) is 67.0 cm³/mol. The molecule has 3 nitrogen and oxygen atoms in total. The minimum atomic E-state index is -0.214. The normalized spacial score (nSPS) is 9.80. The Kier molecular flexibility index (Phi) is 5.11. The number of halogens is 2. The molecule has 1 N–H and O–H groups in total. The molecule has 0 aromatic heterocycles. The van der Waals surface area contributed by atoms with E-state index < -0.39 is 0 Å². The molecule has 0 unspecified atom stereocenters. The summed E-state index contributed by atoms with van der Waals surface area (Å²) in [7, 11) is 1.39. The van der Waals surface area contributed by atoms with E-state index in [4.69, 9.17) is 0 Å². The zero-order valence-corrected chi connectivity index (χ0v) is 11.4. The summed E-state index contributed by atoms with van der Waals surface area (Å²) in [6.45, 7) is 0.557. The predicted octanol–water partition coefficient (Wildman–Crippen LogP) is 3.19. The van der Waals surface area contributed by atoms with Gasteiger partial charge >= 0.3 is 5.97 Å². The first-order chi connectivity index (χ1) is 7.13. The van der Waals surface area contributed by atoms with Crippen LogP contribution in [0.3, 0.4) is 0 Å². The van der Waals surface area contributed by atoms with E-state index in [1.165, 1.54) is 7.11 Å². The van der Waals surface area contributed by atoms with Gasteiger partial charge in [0.15, 0.2) is 0 Å². The average Bonchev–Trinajstić information content (AvgIpc) is 2.23. The summed E-state index contributed by atoms with van der Waals surface area (Å²) in [5.41, 5.74) is 0.952. The molecule has 0 radical (unpaired) electrons. The van der Waals surface area contributed by atoms with Gasteiger partial charge in [-0.05, 0) is 34.1 Å². The molecule has 0 heterocycles. The second-order valence-corrected chi connectivity index (χ2v) is 4.65. The number of ether oxygens (including phenoxy) is 1. The molecule has 0 bridgehead atoms. The molecule has 5 heteroatoms. The maximum Gasteiger partial charge on any atom is 0.307 e. The molecule has 0 fully saturated rings. The Labute approximate surface area is 105 Å². The molecule has 0 aliphatic heterocycles. The van der Waals surface area contributed by atoms with Crippen LogP contribution >= 0.6 is 31.9 Å². The van der Waals surface area contributed by atoms with Crippen molar-refractivity contribution < 1.29 is 9.53 Å². The van der Waals surface area contributed by atoms with Crippen LogP contribution in [0, 0.1) is 0 Å². The molecule has 1 rings (SSSR count). The fraction of sp³-hybridized carbons (Fsp3) is 0.300. The van der Waals surface area contributed by atoms with Gasteiger partial charge in [-0.25, -0.2) is 0 Å². The Hall–Kier alpha value is -0.550. The summed E-state index contributed by atoms with van der Waals surface area (Å²) < 4.78 is 6.50. The first kappa shape index (κ1) is 12.5. The number of hydrogen-bond donors (Lipinski definition) is 1. The van der Waals surface area contributed by atoms with Crippen LogP contribution in [0.4, 0.5) is 5.69 Å². The third-order valence-corrected chi connectivity index (χ3v) is 2.99. The van der Waals surface area contributed by atoms with Crippen LogP contribution in [0.2, 0.25) is 0 Å². The number of methoxy groups -OCH3 is 1. The largest absolute Gasteiger partial charge is 0.469 e. The fourth-order valence-electron chi connectivity index (χ4n) is 1.03. The average molecular weight is 337 g/mol. The maximum absolute atomic E-state index is 10.9. The second-order valence-electron chi connectivity index (χ2n) is 2.88. The SMILES string of the molecule is COC(=O)CCNc1cc(Br)ccc1Br. The van der Waals surface area contributed by atoms with Crippen molar-refractivity contribution in [2.45, 2.75) is 6.42 Å². The van der Waals surface area contributed by atoms with Gasteiger partial charge in [-0.1, -0.05) is 15.9 Å². The van der Waals surface area contributed by atoms with E-state index in [-0.39, 0.29) is 5.97 Å². The van der Waals surface area contributed by atoms with Crippen molar-refractivity contribution in [1.82, 2.24) is 0 Å². The van der Waals surface area contributed by atoms with Crippen LogP contribution in [0.25, 0.3) is 0 Å². The Morgan fingerprint density at radius 3 is 2.87 bits per heavy atom. The lowest BCUT2D eigenvalue weighted by atomic mass is 10.3. The number of hydrogen-bond acceptors (Lipinski definition) is 3. The zero-order chi connectivity index (χ0) is 11.3. The molecule has 0 atom stereocenters. The van der Waals surface area contributed by atoms with Crippen LogP contribution in [0.1, 0.15) is 6.42 Å². The molecular weight excluding hydrogens is 326 g/mol. The molecule has 0 saturated carbocycles. The van der Waals surface area contributed by atoms with Crippen LogP contribution in [0.5, 0.6) is 0 Å². The molecule has 1 aromatic rings. The van der Waals surface area contributed by atoms with Crippen molar-refractivity contribution in [2.24, 2.45) is 0 Å². The van der Waals surface area contributed by atoms with Gasteiger partial charge in [0.25, 0.3) is 0 Å². The van der Waals surface area contributed by atoms with E-state index in [2.05, 4.69) is 41.9 Å². The number of benzene rings is 1. The summed E-state index contributed by atoms with van der Waals surface area (Å²) in [6.07, 6.45) is 0.357. The molecule has 0 aliphatic carbocycles. The summed E-state index contributed by atoms with van der Waals surface area (Å²) in [5, 5.41) is 3.14. The summed E-state index contributed by atoms with van der Waals surface area (Å²) in [6, 6.07) is 5.82. The smallest absolute Gasteiger partial charge is 0.307 e. The van der Waals surface area contributed by atoms with Gasteiger partial charge in [0, 0.05) is 21.2 Å². The quantitative estimate of drug-likeness (QED) is 0.858. The van der Waals surface area contributed by atoms with Crippen molar-refractivity contribution >= 4 is 43.5 Å². The van der Waals surface area contributed by atoms with E-state index in [0.717, 1.165) is 14.6 Å². The number of anilines is 1. The number of carbonyl (C=O) groups excluding carboxylic acids is 1. The third kappa shape index (κ3) is 4.22. The molecule has 15 heavy (non-hydrogen) atoms. The highest BCUT2D eigenvalue weighted by molar-refractivity contribution is 9.11. The number of esters is 1. The van der Waals surface area contributed by atoms with E-state index in [1.807, 2.05) is 18.2 Å². The Morgan fingerprint density at radius 1 is 1.47 bits per heavy atom. The Morgan fingerprint density at radius 2 is 2.20 bits per heavy atom. The highest BCUT2D eigenvalue weighted by Gasteiger charge is 2.02. The van der Waals surface area contributed by atoms with Gasteiger partial charge in [-0.2, -0.15) is 0 Å². The lowest BCUT2D eigenvalue weighted by molar-refractivity contribution is -0.140. The lowest BCUT2D eigenvalue weighted by Crippen LogP contribution is -2.09. The molecular formula is C10H11Br2NO2. The summed E-state index contributed by atoms with van der Waals surface area (Å²) in [5.74, 6) is -0.214. The van der Waals surface area contributed by atoms with Gasteiger partial charge in [0.05, 0.1) is 13.5 Å². The van der Waals surface area contributed by atoms with E-state index in [1.54, 1.807) is 0 Å². The highest BCUT2D eigenvalue weighted by Crippen LogP contribution is 2.25. The minimum absolute atomic E-state index is 0.214. The fourth-order valence-corrected chi connectivity index (χ4v) is 1.78. The monoisotopic (exact) mass is 335 g/mol. The standard InChI is InChI=1S/C10H11Br2NO2/c1-15-10(14)4-5-13-9-6-7(11)2-3-8(9)12/h2-3,6,13H,4-5H2,1H3. The number of rotatable bonds is 4. The zero-order valence-electron chi connectivity index (χ0n) is 8.22. The van der Waals surface area contributed by atoms with Crippen LogP contribution in [-0.2, 0) is 9.53 Å². The van der Waals surface area contributed by atoms with Crippen LogP contribution in [0.15, 0.2) is 27.1 Å². The van der Waals surface area contributed by atoms with E-state index in [9.17, 15) is 4.79 Å². The number of nitrogens with one attached hydrogen (secondary N) is 1. The van der Waals surface area contributed by atoms with Gasteiger partial charge in [0.2, 0.25) is 0 Å². The van der Waals surface area contributed by atoms with Crippen molar-refractivity contribution in [1.29, 1.82) is 0 Å². The van der Waals surface area contributed by atoms with Crippen molar-refractivity contribution in [2.75, 3.05) is 19.0 Å². The molecule has 0 saturated heterocycles. The number of carbonyl (C=O) groups is 1. The minimum Gasteiger partial charge on any atom is -0.469 e.